The molecule has 0 aliphatic carbocycles. The highest BCUT2D eigenvalue weighted by atomic mass is 19.1. The molecule has 2 aromatic rings. The molecule has 1 aromatic heterocycles. The van der Waals surface area contributed by atoms with Gasteiger partial charge in [0.25, 0.3) is 0 Å². The van der Waals surface area contributed by atoms with E-state index in [1.165, 1.54) is 12.1 Å². The largest absolute Gasteiger partial charge is 0.486 e. The van der Waals surface area contributed by atoms with Gasteiger partial charge in [-0.25, -0.2) is 0 Å². The molecular weight excluding hydrogens is 251 g/mol. The Kier molecular flexibility index (Phi) is 4.02. The van der Waals surface area contributed by atoms with E-state index >= 15 is 0 Å². The van der Waals surface area contributed by atoms with Crippen molar-refractivity contribution in [2.45, 2.75) is 6.42 Å². The number of nitro benzene ring substituents is 1. The molecule has 1 heterocycles. The third kappa shape index (κ3) is 3.25. The van der Waals surface area contributed by atoms with Crippen LogP contribution >= 0.6 is 0 Å². The zero-order chi connectivity index (χ0) is 13.7. The zero-order valence-corrected chi connectivity index (χ0v) is 9.95. The molecule has 6 heteroatoms. The maximum absolute atomic E-state index is 13.3. The van der Waals surface area contributed by atoms with Gasteiger partial charge in [-0.3, -0.25) is 15.1 Å². The maximum Gasteiger partial charge on any atom is 0.346 e. The van der Waals surface area contributed by atoms with Crippen molar-refractivity contribution in [3.63, 3.8) is 0 Å². The highest BCUT2D eigenvalue weighted by Gasteiger charge is 2.20. The highest BCUT2D eigenvalue weighted by Crippen LogP contribution is 2.29. The number of pyridine rings is 1. The van der Waals surface area contributed by atoms with Crippen molar-refractivity contribution in [3.05, 3.63) is 64.2 Å². The fourth-order valence-electron chi connectivity index (χ4n) is 1.60. The number of halogens is 1. The number of aromatic nitrogens is 1. The maximum atomic E-state index is 13.3. The number of para-hydroxylation sites is 1. The number of hydrogen-bond acceptors (Lipinski definition) is 4. The van der Waals surface area contributed by atoms with E-state index < -0.39 is 16.4 Å². The number of nitrogens with zero attached hydrogens (tertiary/aromatic N) is 2. The molecule has 0 unspecified atom stereocenters. The molecule has 0 aliphatic heterocycles. The molecule has 0 bridgehead atoms. The molecule has 0 saturated carbocycles. The average Bonchev–Trinajstić information content (AvgIpc) is 2.39. The van der Waals surface area contributed by atoms with E-state index in [4.69, 9.17) is 4.74 Å². The Labute approximate surface area is 108 Å². The first kappa shape index (κ1) is 12.9. The van der Waals surface area contributed by atoms with Gasteiger partial charge < -0.3 is 4.74 Å². The first-order valence-corrected chi connectivity index (χ1v) is 5.64. The number of ether oxygens (including phenoxy) is 1. The minimum atomic E-state index is -0.902. The Balaban J connectivity index is 2.04. The summed E-state index contributed by atoms with van der Waals surface area (Å²) in [4.78, 5) is 14.1. The van der Waals surface area contributed by atoms with Gasteiger partial charge in [0.15, 0.2) is 5.75 Å². The van der Waals surface area contributed by atoms with Crippen LogP contribution in [0.2, 0.25) is 0 Å². The quantitative estimate of drug-likeness (QED) is 0.614. The molecule has 0 aliphatic rings. The molecule has 0 saturated heterocycles. The number of nitro groups is 1. The van der Waals surface area contributed by atoms with Crippen molar-refractivity contribution in [2.24, 2.45) is 0 Å². The lowest BCUT2D eigenvalue weighted by Gasteiger charge is -2.06. The predicted molar refractivity (Wildman–Crippen MR) is 66.5 cm³/mol. The molecule has 5 nitrogen and oxygen atoms in total. The van der Waals surface area contributed by atoms with Crippen LogP contribution in [0.5, 0.6) is 5.75 Å². The highest BCUT2D eigenvalue weighted by molar-refractivity contribution is 5.47. The minimum Gasteiger partial charge on any atom is -0.486 e. The summed E-state index contributed by atoms with van der Waals surface area (Å²) in [7, 11) is 0. The standard InChI is InChI=1S/C13H11FN2O3/c14-11-5-3-6-12(13(11)16(17)18)19-9-7-10-4-1-2-8-15-10/h1-6,8H,7,9H2. The lowest BCUT2D eigenvalue weighted by molar-refractivity contribution is -0.388. The molecule has 0 atom stereocenters. The summed E-state index contributed by atoms with van der Waals surface area (Å²) in [5.41, 5.74) is 0.171. The van der Waals surface area contributed by atoms with Gasteiger partial charge in [-0.05, 0) is 24.3 Å². The lowest BCUT2D eigenvalue weighted by Crippen LogP contribution is -2.05. The predicted octanol–water partition coefficient (Wildman–Crippen LogP) is 2.75. The summed E-state index contributed by atoms with van der Waals surface area (Å²) in [6.07, 6.45) is 2.15. The minimum absolute atomic E-state index is 0.0686. The van der Waals surface area contributed by atoms with Gasteiger partial charge in [-0.15, -0.1) is 0 Å². The van der Waals surface area contributed by atoms with Gasteiger partial charge in [0.05, 0.1) is 11.5 Å². The summed E-state index contributed by atoms with van der Waals surface area (Å²) < 4.78 is 18.6. The fourth-order valence-corrected chi connectivity index (χ4v) is 1.60. The monoisotopic (exact) mass is 262 g/mol. The second kappa shape index (κ2) is 5.90. The molecule has 19 heavy (non-hydrogen) atoms. The van der Waals surface area contributed by atoms with Gasteiger partial charge in [0.1, 0.15) is 0 Å². The zero-order valence-electron chi connectivity index (χ0n) is 9.95. The molecule has 0 radical (unpaired) electrons. The van der Waals surface area contributed by atoms with Crippen molar-refractivity contribution in [1.29, 1.82) is 0 Å². The third-order valence-corrected chi connectivity index (χ3v) is 2.47. The van der Waals surface area contributed by atoms with Crippen LogP contribution in [-0.4, -0.2) is 16.5 Å². The molecule has 0 N–H and O–H groups in total. The van der Waals surface area contributed by atoms with Gasteiger partial charge in [-0.1, -0.05) is 12.1 Å². The van der Waals surface area contributed by atoms with Crippen LogP contribution in [0.1, 0.15) is 5.69 Å². The van der Waals surface area contributed by atoms with E-state index in [0.29, 0.717) is 6.42 Å². The second-order valence-corrected chi connectivity index (χ2v) is 3.76. The first-order valence-electron chi connectivity index (χ1n) is 5.64. The Morgan fingerprint density at radius 2 is 2.11 bits per heavy atom. The van der Waals surface area contributed by atoms with Crippen LogP contribution in [0, 0.1) is 15.9 Å². The fraction of sp³-hybridized carbons (Fsp3) is 0.154. The Bertz CT molecular complexity index is 575. The molecule has 0 spiro atoms. The number of rotatable bonds is 5. The summed E-state index contributed by atoms with van der Waals surface area (Å²) >= 11 is 0. The van der Waals surface area contributed by atoms with Crippen molar-refractivity contribution < 1.29 is 14.1 Å². The molecule has 0 amide bonds. The summed E-state index contributed by atoms with van der Waals surface area (Å²) in [5, 5.41) is 10.7. The van der Waals surface area contributed by atoms with E-state index in [0.717, 1.165) is 11.8 Å². The lowest BCUT2D eigenvalue weighted by atomic mass is 10.2. The van der Waals surface area contributed by atoms with Gasteiger partial charge >= 0.3 is 5.69 Å². The van der Waals surface area contributed by atoms with Crippen LogP contribution in [-0.2, 0) is 6.42 Å². The SMILES string of the molecule is O=[N+]([O-])c1c(F)cccc1OCCc1ccccn1. The van der Waals surface area contributed by atoms with E-state index in [2.05, 4.69) is 4.98 Å². The van der Waals surface area contributed by atoms with Gasteiger partial charge in [0, 0.05) is 18.3 Å². The molecule has 0 fully saturated rings. The summed E-state index contributed by atoms with van der Waals surface area (Å²) in [5.74, 6) is -0.971. The van der Waals surface area contributed by atoms with E-state index in [-0.39, 0.29) is 12.4 Å². The van der Waals surface area contributed by atoms with E-state index in [9.17, 15) is 14.5 Å². The third-order valence-electron chi connectivity index (χ3n) is 2.47. The van der Waals surface area contributed by atoms with Crippen molar-refractivity contribution in [2.75, 3.05) is 6.61 Å². The number of hydrogen-bond donors (Lipinski definition) is 0. The number of benzene rings is 1. The van der Waals surface area contributed by atoms with Crippen LogP contribution in [0.25, 0.3) is 0 Å². The second-order valence-electron chi connectivity index (χ2n) is 3.76. The summed E-state index contributed by atoms with van der Waals surface area (Å²) in [6.45, 7) is 0.196. The van der Waals surface area contributed by atoms with Crippen LogP contribution in [0.3, 0.4) is 0 Å². The first-order chi connectivity index (χ1) is 9.18. The molecule has 2 rings (SSSR count). The average molecular weight is 262 g/mol. The topological polar surface area (TPSA) is 65.3 Å². The van der Waals surface area contributed by atoms with Crippen molar-refractivity contribution in [1.82, 2.24) is 4.98 Å². The van der Waals surface area contributed by atoms with Gasteiger partial charge in [-0.2, -0.15) is 4.39 Å². The van der Waals surface area contributed by atoms with E-state index in [1.807, 2.05) is 12.1 Å². The molecule has 1 aromatic carbocycles. The smallest absolute Gasteiger partial charge is 0.346 e. The van der Waals surface area contributed by atoms with Crippen LogP contribution < -0.4 is 4.74 Å². The van der Waals surface area contributed by atoms with Crippen LogP contribution in [0.15, 0.2) is 42.6 Å². The summed E-state index contributed by atoms with van der Waals surface area (Å²) in [6, 6.07) is 9.24. The van der Waals surface area contributed by atoms with Crippen molar-refractivity contribution >= 4 is 5.69 Å². The molecule has 98 valence electrons. The van der Waals surface area contributed by atoms with Crippen LogP contribution in [0.4, 0.5) is 10.1 Å². The van der Waals surface area contributed by atoms with Crippen molar-refractivity contribution in [3.8, 4) is 5.75 Å². The van der Waals surface area contributed by atoms with Gasteiger partial charge in [0.2, 0.25) is 5.82 Å². The molecular formula is C13H11FN2O3. The Morgan fingerprint density at radius 3 is 2.79 bits per heavy atom. The Hall–Kier alpha value is -2.50. The Morgan fingerprint density at radius 1 is 1.26 bits per heavy atom. The normalized spacial score (nSPS) is 10.2. The van der Waals surface area contributed by atoms with E-state index in [1.54, 1.807) is 12.3 Å².